The molecule has 2 fully saturated rings. The fraction of sp³-hybridized carbons (Fsp3) is 0.929. The van der Waals surface area contributed by atoms with Gasteiger partial charge in [0.2, 0.25) is 5.91 Å². The summed E-state index contributed by atoms with van der Waals surface area (Å²) in [6.45, 7) is 8.62. The summed E-state index contributed by atoms with van der Waals surface area (Å²) < 4.78 is 0. The maximum atomic E-state index is 12.0. The third-order valence-corrected chi connectivity index (χ3v) is 4.65. The molecule has 1 aliphatic carbocycles. The van der Waals surface area contributed by atoms with E-state index in [9.17, 15) is 4.79 Å². The quantitative estimate of drug-likeness (QED) is 0.786. The van der Waals surface area contributed by atoms with Gasteiger partial charge in [-0.3, -0.25) is 4.79 Å². The molecule has 1 saturated heterocycles. The van der Waals surface area contributed by atoms with Gasteiger partial charge in [-0.15, -0.1) is 0 Å². The Morgan fingerprint density at radius 3 is 2.76 bits per heavy atom. The molecule has 3 heteroatoms. The fourth-order valence-corrected chi connectivity index (χ4v) is 2.84. The first-order chi connectivity index (χ1) is 8.03. The largest absolute Gasteiger partial charge is 0.354 e. The minimum Gasteiger partial charge on any atom is -0.354 e. The summed E-state index contributed by atoms with van der Waals surface area (Å²) in [5, 5.41) is 6.45. The van der Waals surface area contributed by atoms with Crippen LogP contribution >= 0.6 is 0 Å². The smallest absolute Gasteiger partial charge is 0.237 e. The molecule has 0 aromatic carbocycles. The van der Waals surface area contributed by atoms with Crippen molar-refractivity contribution in [3.63, 3.8) is 0 Å². The van der Waals surface area contributed by atoms with Crippen LogP contribution in [0.5, 0.6) is 0 Å². The number of carbonyl (C=O) groups excluding carboxylic acids is 1. The molecule has 0 spiro atoms. The van der Waals surface area contributed by atoms with Crippen LogP contribution in [-0.2, 0) is 4.79 Å². The molecule has 1 heterocycles. The molecule has 2 N–H and O–H groups in total. The van der Waals surface area contributed by atoms with Gasteiger partial charge in [0.05, 0.1) is 6.04 Å². The zero-order valence-electron chi connectivity index (χ0n) is 11.4. The summed E-state index contributed by atoms with van der Waals surface area (Å²) in [5.74, 6) is 1.63. The van der Waals surface area contributed by atoms with Crippen LogP contribution in [0.15, 0.2) is 0 Å². The number of hydrogen-bond acceptors (Lipinski definition) is 2. The molecule has 2 rings (SSSR count). The van der Waals surface area contributed by atoms with Crippen molar-refractivity contribution >= 4 is 5.91 Å². The standard InChI is InChI=1S/C14H26N2O/c1-4-10-5-6-15-12(7-10)13(17)16-9-11-8-14(11,2)3/h10-12,15H,4-9H2,1-3H3,(H,16,17). The molecule has 3 unspecified atom stereocenters. The van der Waals surface area contributed by atoms with Crippen molar-refractivity contribution in [2.24, 2.45) is 17.3 Å². The van der Waals surface area contributed by atoms with Gasteiger partial charge in [0.25, 0.3) is 0 Å². The van der Waals surface area contributed by atoms with Crippen molar-refractivity contribution < 1.29 is 4.79 Å². The second-order valence-electron chi connectivity index (χ2n) is 6.44. The topological polar surface area (TPSA) is 41.1 Å². The summed E-state index contributed by atoms with van der Waals surface area (Å²) in [4.78, 5) is 12.0. The second-order valence-corrected chi connectivity index (χ2v) is 6.44. The zero-order chi connectivity index (χ0) is 12.5. The SMILES string of the molecule is CCC1CCNC(C(=O)NCC2CC2(C)C)C1. The van der Waals surface area contributed by atoms with E-state index < -0.39 is 0 Å². The van der Waals surface area contributed by atoms with Crippen LogP contribution in [0.25, 0.3) is 0 Å². The highest BCUT2D eigenvalue weighted by molar-refractivity contribution is 5.81. The average molecular weight is 238 g/mol. The van der Waals surface area contributed by atoms with Gasteiger partial charge < -0.3 is 10.6 Å². The van der Waals surface area contributed by atoms with Crippen LogP contribution in [0.1, 0.15) is 46.5 Å². The maximum Gasteiger partial charge on any atom is 0.237 e. The summed E-state index contributed by atoms with van der Waals surface area (Å²) in [6.07, 6.45) is 4.68. The molecule has 0 bridgehead atoms. The van der Waals surface area contributed by atoms with Gasteiger partial charge in [-0.2, -0.15) is 0 Å². The van der Waals surface area contributed by atoms with E-state index in [2.05, 4.69) is 31.4 Å². The van der Waals surface area contributed by atoms with E-state index >= 15 is 0 Å². The minimum absolute atomic E-state index is 0.0514. The highest BCUT2D eigenvalue weighted by Gasteiger charge is 2.45. The molecule has 0 aromatic heterocycles. The Labute approximate surface area is 105 Å². The van der Waals surface area contributed by atoms with Gasteiger partial charge in [-0.25, -0.2) is 0 Å². The lowest BCUT2D eigenvalue weighted by Gasteiger charge is -2.28. The highest BCUT2D eigenvalue weighted by Crippen LogP contribution is 2.50. The van der Waals surface area contributed by atoms with Crippen molar-refractivity contribution in [1.29, 1.82) is 0 Å². The van der Waals surface area contributed by atoms with Gasteiger partial charge in [0, 0.05) is 6.54 Å². The van der Waals surface area contributed by atoms with Crippen LogP contribution in [0.4, 0.5) is 0 Å². The molecular formula is C14H26N2O. The van der Waals surface area contributed by atoms with E-state index in [1.165, 1.54) is 19.3 Å². The highest BCUT2D eigenvalue weighted by atomic mass is 16.2. The first-order valence-electron chi connectivity index (χ1n) is 7.04. The van der Waals surface area contributed by atoms with Crippen molar-refractivity contribution in [1.82, 2.24) is 10.6 Å². The van der Waals surface area contributed by atoms with Crippen molar-refractivity contribution in [2.75, 3.05) is 13.1 Å². The summed E-state index contributed by atoms with van der Waals surface area (Å²) >= 11 is 0. The Morgan fingerprint density at radius 2 is 2.18 bits per heavy atom. The van der Waals surface area contributed by atoms with E-state index in [4.69, 9.17) is 0 Å². The van der Waals surface area contributed by atoms with Crippen LogP contribution in [0, 0.1) is 17.3 Å². The lowest BCUT2D eigenvalue weighted by Crippen LogP contribution is -2.49. The van der Waals surface area contributed by atoms with E-state index in [1.54, 1.807) is 0 Å². The van der Waals surface area contributed by atoms with Crippen LogP contribution in [-0.4, -0.2) is 25.0 Å². The molecule has 0 radical (unpaired) electrons. The van der Waals surface area contributed by atoms with E-state index in [1.807, 2.05) is 0 Å². The summed E-state index contributed by atoms with van der Waals surface area (Å²) in [6, 6.07) is 0.0514. The molecule has 3 atom stereocenters. The monoisotopic (exact) mass is 238 g/mol. The first-order valence-corrected chi connectivity index (χ1v) is 7.04. The van der Waals surface area contributed by atoms with Crippen LogP contribution in [0.2, 0.25) is 0 Å². The Hall–Kier alpha value is -0.570. The van der Waals surface area contributed by atoms with Crippen molar-refractivity contribution in [3.8, 4) is 0 Å². The Bertz CT molecular complexity index is 288. The second kappa shape index (κ2) is 4.97. The third kappa shape index (κ3) is 3.21. The normalized spacial score (nSPS) is 35.4. The van der Waals surface area contributed by atoms with Crippen LogP contribution < -0.4 is 10.6 Å². The van der Waals surface area contributed by atoms with Gasteiger partial charge in [0.1, 0.15) is 0 Å². The van der Waals surface area contributed by atoms with Gasteiger partial charge >= 0.3 is 0 Å². The molecule has 2 aliphatic rings. The molecule has 1 aliphatic heterocycles. The molecule has 1 saturated carbocycles. The number of rotatable bonds is 4. The molecule has 1 amide bonds. The van der Waals surface area contributed by atoms with Gasteiger partial charge in [0.15, 0.2) is 0 Å². The van der Waals surface area contributed by atoms with Crippen LogP contribution in [0.3, 0.4) is 0 Å². The Morgan fingerprint density at radius 1 is 1.47 bits per heavy atom. The van der Waals surface area contributed by atoms with Crippen molar-refractivity contribution in [3.05, 3.63) is 0 Å². The lowest BCUT2D eigenvalue weighted by atomic mass is 9.90. The van der Waals surface area contributed by atoms with Crippen molar-refractivity contribution in [2.45, 2.75) is 52.5 Å². The number of amides is 1. The van der Waals surface area contributed by atoms with E-state index in [-0.39, 0.29) is 11.9 Å². The number of piperidine rings is 1. The molecule has 17 heavy (non-hydrogen) atoms. The zero-order valence-corrected chi connectivity index (χ0v) is 11.4. The fourth-order valence-electron chi connectivity index (χ4n) is 2.84. The average Bonchev–Trinajstić information content (AvgIpc) is 2.94. The first kappa shape index (κ1) is 12.9. The van der Waals surface area contributed by atoms with Gasteiger partial charge in [-0.1, -0.05) is 27.2 Å². The predicted octanol–water partition coefficient (Wildman–Crippen LogP) is 1.93. The summed E-state index contributed by atoms with van der Waals surface area (Å²) in [7, 11) is 0. The number of hydrogen-bond donors (Lipinski definition) is 2. The molecule has 3 nitrogen and oxygen atoms in total. The Kier molecular flexibility index (Phi) is 3.76. The number of nitrogens with one attached hydrogen (secondary N) is 2. The number of carbonyl (C=O) groups is 1. The molecule has 0 aromatic rings. The minimum atomic E-state index is 0.0514. The lowest BCUT2D eigenvalue weighted by molar-refractivity contribution is -0.124. The maximum absolute atomic E-state index is 12.0. The third-order valence-electron chi connectivity index (χ3n) is 4.65. The Balaban J connectivity index is 1.72. The summed E-state index contributed by atoms with van der Waals surface area (Å²) in [5.41, 5.74) is 0.458. The van der Waals surface area contributed by atoms with E-state index in [0.717, 1.165) is 25.4 Å². The molecular weight excluding hydrogens is 212 g/mol. The predicted molar refractivity (Wildman–Crippen MR) is 69.7 cm³/mol. The van der Waals surface area contributed by atoms with E-state index in [0.29, 0.717) is 11.3 Å². The van der Waals surface area contributed by atoms with Gasteiger partial charge in [-0.05, 0) is 43.1 Å². The molecule has 98 valence electrons.